The van der Waals surface area contributed by atoms with Crippen LogP contribution in [0.4, 0.5) is 5.69 Å². The van der Waals surface area contributed by atoms with E-state index >= 15 is 0 Å². The van der Waals surface area contributed by atoms with Crippen molar-refractivity contribution in [3.05, 3.63) is 53.6 Å². The number of nitrogens with two attached hydrogens (primary N) is 2. The standard InChI is InChI=1S/C16H16N2O3S/c17-11-4-5-12(13(7-11)15(19)14(18)8-22)9-2-1-3-10(6-9)16(20)21/h1-7,14,22H,8,17-18H2,(H,20,21). The number of carbonyl (C=O) groups is 2. The molecule has 5 N–H and O–H groups in total. The molecule has 114 valence electrons. The van der Waals surface area contributed by atoms with E-state index in [1.54, 1.807) is 30.3 Å². The second-order valence-corrected chi connectivity index (χ2v) is 5.21. The van der Waals surface area contributed by atoms with Crippen LogP contribution in [0.5, 0.6) is 0 Å². The van der Waals surface area contributed by atoms with E-state index in [0.717, 1.165) is 0 Å². The van der Waals surface area contributed by atoms with Gasteiger partial charge < -0.3 is 16.6 Å². The van der Waals surface area contributed by atoms with E-state index in [1.165, 1.54) is 12.1 Å². The maximum absolute atomic E-state index is 12.4. The predicted molar refractivity (Wildman–Crippen MR) is 89.4 cm³/mol. The van der Waals surface area contributed by atoms with Gasteiger partial charge in [0.15, 0.2) is 5.78 Å². The fraction of sp³-hybridized carbons (Fsp3) is 0.125. The number of hydrogen-bond donors (Lipinski definition) is 4. The zero-order chi connectivity index (χ0) is 16.3. The Morgan fingerprint density at radius 2 is 1.91 bits per heavy atom. The molecule has 5 nitrogen and oxygen atoms in total. The molecule has 2 aromatic carbocycles. The summed E-state index contributed by atoms with van der Waals surface area (Å²) in [5, 5.41) is 9.09. The van der Waals surface area contributed by atoms with Crippen molar-refractivity contribution in [1.82, 2.24) is 0 Å². The van der Waals surface area contributed by atoms with Crippen molar-refractivity contribution >= 4 is 30.1 Å². The lowest BCUT2D eigenvalue weighted by Gasteiger charge is -2.13. The highest BCUT2D eigenvalue weighted by atomic mass is 32.1. The molecule has 22 heavy (non-hydrogen) atoms. The molecule has 2 aromatic rings. The van der Waals surface area contributed by atoms with E-state index in [9.17, 15) is 9.59 Å². The SMILES string of the molecule is Nc1ccc(-c2cccc(C(=O)O)c2)c(C(=O)C(N)CS)c1. The topological polar surface area (TPSA) is 106 Å². The average molecular weight is 316 g/mol. The molecular weight excluding hydrogens is 300 g/mol. The van der Waals surface area contributed by atoms with Gasteiger partial charge in [0.1, 0.15) is 0 Å². The van der Waals surface area contributed by atoms with Crippen molar-refractivity contribution in [3.63, 3.8) is 0 Å². The maximum atomic E-state index is 12.4. The molecule has 0 aliphatic carbocycles. The summed E-state index contributed by atoms with van der Waals surface area (Å²) in [6.45, 7) is 0. The monoisotopic (exact) mass is 316 g/mol. The van der Waals surface area contributed by atoms with Gasteiger partial charge in [-0.05, 0) is 35.4 Å². The number of rotatable bonds is 5. The summed E-state index contributed by atoms with van der Waals surface area (Å²) < 4.78 is 0. The molecule has 0 heterocycles. The number of ketones is 1. The molecule has 0 fully saturated rings. The lowest BCUT2D eigenvalue weighted by atomic mass is 9.93. The first kappa shape index (κ1) is 16.1. The third-order valence-electron chi connectivity index (χ3n) is 3.26. The molecule has 0 spiro atoms. The van der Waals surface area contributed by atoms with Gasteiger partial charge in [-0.3, -0.25) is 4.79 Å². The Balaban J connectivity index is 2.58. The summed E-state index contributed by atoms with van der Waals surface area (Å²) in [4.78, 5) is 23.5. The molecule has 0 aromatic heterocycles. The van der Waals surface area contributed by atoms with Crippen molar-refractivity contribution < 1.29 is 14.7 Å². The molecule has 0 aliphatic rings. The predicted octanol–water partition coefficient (Wildman–Crippen LogP) is 2.07. The van der Waals surface area contributed by atoms with E-state index in [-0.39, 0.29) is 17.1 Å². The second kappa shape index (κ2) is 6.64. The molecule has 1 atom stereocenters. The van der Waals surface area contributed by atoms with Crippen molar-refractivity contribution in [2.24, 2.45) is 5.73 Å². The van der Waals surface area contributed by atoms with Gasteiger partial charge in [-0.25, -0.2) is 4.79 Å². The zero-order valence-electron chi connectivity index (χ0n) is 11.7. The number of thiol groups is 1. The molecule has 6 heteroatoms. The normalized spacial score (nSPS) is 11.9. The summed E-state index contributed by atoms with van der Waals surface area (Å²) in [6, 6.07) is 10.5. The number of anilines is 1. The largest absolute Gasteiger partial charge is 0.478 e. The maximum Gasteiger partial charge on any atom is 0.335 e. The van der Waals surface area contributed by atoms with Crippen LogP contribution in [0.3, 0.4) is 0 Å². The Labute approximate surface area is 133 Å². The number of carboxylic acids is 1. The van der Waals surface area contributed by atoms with Crippen LogP contribution >= 0.6 is 12.6 Å². The highest BCUT2D eigenvalue weighted by Gasteiger charge is 2.19. The van der Waals surface area contributed by atoms with Crippen molar-refractivity contribution in [2.45, 2.75) is 6.04 Å². The minimum absolute atomic E-state index is 0.145. The Morgan fingerprint density at radius 1 is 1.18 bits per heavy atom. The Bertz CT molecular complexity index is 731. The third-order valence-corrected chi connectivity index (χ3v) is 3.66. The van der Waals surface area contributed by atoms with Gasteiger partial charge >= 0.3 is 5.97 Å². The van der Waals surface area contributed by atoms with Crippen LogP contribution in [-0.2, 0) is 0 Å². The minimum Gasteiger partial charge on any atom is -0.478 e. The van der Waals surface area contributed by atoms with Crippen molar-refractivity contribution in [1.29, 1.82) is 0 Å². The van der Waals surface area contributed by atoms with Crippen LogP contribution in [-0.4, -0.2) is 28.7 Å². The number of hydrogen-bond acceptors (Lipinski definition) is 5. The van der Waals surface area contributed by atoms with Gasteiger partial charge in [-0.1, -0.05) is 18.2 Å². The summed E-state index contributed by atoms with van der Waals surface area (Å²) in [5.41, 5.74) is 13.7. The van der Waals surface area contributed by atoms with Gasteiger partial charge in [0.2, 0.25) is 0 Å². The summed E-state index contributed by atoms with van der Waals surface area (Å²) in [5.74, 6) is -1.10. The Morgan fingerprint density at radius 3 is 2.55 bits per heavy atom. The van der Waals surface area contributed by atoms with Crippen molar-refractivity contribution in [3.8, 4) is 11.1 Å². The van der Waals surface area contributed by atoms with Crippen LogP contribution in [0.15, 0.2) is 42.5 Å². The zero-order valence-corrected chi connectivity index (χ0v) is 12.6. The summed E-state index contributed by atoms with van der Waals surface area (Å²) in [7, 11) is 0. The number of benzene rings is 2. The number of aromatic carboxylic acids is 1. The number of Topliss-reactive ketones (excluding diaryl/α,β-unsaturated/α-hetero) is 1. The van der Waals surface area contributed by atoms with E-state index in [2.05, 4.69) is 12.6 Å². The second-order valence-electron chi connectivity index (χ2n) is 4.84. The van der Waals surface area contributed by atoms with E-state index in [0.29, 0.717) is 22.4 Å². The van der Waals surface area contributed by atoms with Gasteiger partial charge in [0, 0.05) is 17.0 Å². The lowest BCUT2D eigenvalue weighted by molar-refractivity contribution is 0.0696. The fourth-order valence-corrected chi connectivity index (χ4v) is 2.29. The number of carbonyl (C=O) groups excluding carboxylic acids is 1. The molecule has 0 amide bonds. The third kappa shape index (κ3) is 3.29. The van der Waals surface area contributed by atoms with Gasteiger partial charge in [-0.2, -0.15) is 12.6 Å². The molecule has 0 radical (unpaired) electrons. The lowest BCUT2D eigenvalue weighted by Crippen LogP contribution is -2.32. The quantitative estimate of drug-likeness (QED) is 0.384. The molecule has 0 saturated carbocycles. The van der Waals surface area contributed by atoms with Crippen molar-refractivity contribution in [2.75, 3.05) is 11.5 Å². The Kier molecular flexibility index (Phi) is 4.85. The van der Waals surface area contributed by atoms with Gasteiger partial charge in [0.25, 0.3) is 0 Å². The highest BCUT2D eigenvalue weighted by molar-refractivity contribution is 7.80. The average Bonchev–Trinajstić information content (AvgIpc) is 2.53. The van der Waals surface area contributed by atoms with Crippen LogP contribution < -0.4 is 11.5 Å². The van der Waals surface area contributed by atoms with Gasteiger partial charge in [-0.15, -0.1) is 0 Å². The number of nitrogen functional groups attached to an aromatic ring is 1. The van der Waals surface area contributed by atoms with E-state index < -0.39 is 12.0 Å². The minimum atomic E-state index is -1.03. The smallest absolute Gasteiger partial charge is 0.335 e. The fourth-order valence-electron chi connectivity index (χ4n) is 2.12. The highest BCUT2D eigenvalue weighted by Crippen LogP contribution is 2.27. The molecular formula is C16H16N2O3S. The molecule has 2 rings (SSSR count). The van der Waals surface area contributed by atoms with Gasteiger partial charge in [0.05, 0.1) is 11.6 Å². The van der Waals surface area contributed by atoms with Crippen LogP contribution in [0.1, 0.15) is 20.7 Å². The first-order valence-corrected chi connectivity index (χ1v) is 7.21. The van der Waals surface area contributed by atoms with Crippen LogP contribution in [0.2, 0.25) is 0 Å². The number of carboxylic acid groups (broad SMARTS) is 1. The summed E-state index contributed by atoms with van der Waals surface area (Å²) in [6.07, 6.45) is 0. The first-order chi connectivity index (χ1) is 10.4. The first-order valence-electron chi connectivity index (χ1n) is 6.58. The molecule has 0 saturated heterocycles. The van der Waals surface area contributed by atoms with E-state index in [1.807, 2.05) is 0 Å². The summed E-state index contributed by atoms with van der Waals surface area (Å²) >= 11 is 4.04. The molecule has 0 bridgehead atoms. The van der Waals surface area contributed by atoms with E-state index in [4.69, 9.17) is 16.6 Å². The van der Waals surface area contributed by atoms with Crippen LogP contribution in [0, 0.1) is 0 Å². The molecule has 0 aliphatic heterocycles. The van der Waals surface area contributed by atoms with Crippen LogP contribution in [0.25, 0.3) is 11.1 Å². The Hall–Kier alpha value is -2.31. The molecule has 1 unspecified atom stereocenters.